The smallest absolute Gasteiger partial charge is 0.323 e. The Hall–Kier alpha value is -0.830. The van der Waals surface area contributed by atoms with Crippen LogP contribution in [0.3, 0.4) is 0 Å². The highest BCUT2D eigenvalue weighted by Crippen LogP contribution is 2.18. The third kappa shape index (κ3) is 3.97. The molecule has 0 amide bonds. The number of esters is 1. The maximum Gasteiger partial charge on any atom is 0.323 e. The molecule has 3 nitrogen and oxygen atoms in total. The molecular formula is C13H23NO2. The predicted octanol–water partition coefficient (Wildman–Crippen LogP) is 2.37. The Kier molecular flexibility index (Phi) is 5.53. The maximum atomic E-state index is 11.8. The Morgan fingerprint density at radius 1 is 1.44 bits per heavy atom. The van der Waals surface area contributed by atoms with E-state index in [0.717, 1.165) is 25.9 Å². The van der Waals surface area contributed by atoms with Crippen molar-refractivity contribution in [2.24, 2.45) is 0 Å². The fourth-order valence-electron chi connectivity index (χ4n) is 2.01. The van der Waals surface area contributed by atoms with Crippen molar-refractivity contribution < 1.29 is 9.53 Å². The predicted molar refractivity (Wildman–Crippen MR) is 65.3 cm³/mol. The number of likely N-dealkylation sites (tertiary alicyclic amines) is 1. The highest BCUT2D eigenvalue weighted by molar-refractivity contribution is 5.75. The van der Waals surface area contributed by atoms with E-state index < -0.39 is 0 Å². The number of carbonyl (C=O) groups is 1. The van der Waals surface area contributed by atoms with Gasteiger partial charge in [-0.25, -0.2) is 0 Å². The summed E-state index contributed by atoms with van der Waals surface area (Å²) in [5, 5.41) is 0. The molecule has 1 fully saturated rings. The van der Waals surface area contributed by atoms with E-state index in [-0.39, 0.29) is 12.0 Å². The summed E-state index contributed by atoms with van der Waals surface area (Å²) >= 11 is 0. The Morgan fingerprint density at radius 3 is 2.81 bits per heavy atom. The van der Waals surface area contributed by atoms with Crippen molar-refractivity contribution in [1.29, 1.82) is 0 Å². The van der Waals surface area contributed by atoms with Gasteiger partial charge in [0.15, 0.2) is 0 Å². The van der Waals surface area contributed by atoms with Gasteiger partial charge in [0.2, 0.25) is 0 Å². The zero-order valence-electron chi connectivity index (χ0n) is 10.7. The molecular weight excluding hydrogens is 202 g/mol. The van der Waals surface area contributed by atoms with Gasteiger partial charge in [0, 0.05) is 6.54 Å². The maximum absolute atomic E-state index is 11.8. The average Bonchev–Trinajstić information content (AvgIpc) is 2.27. The summed E-state index contributed by atoms with van der Waals surface area (Å²) in [6.07, 6.45) is 5.44. The van der Waals surface area contributed by atoms with E-state index in [2.05, 4.69) is 24.8 Å². The van der Waals surface area contributed by atoms with Gasteiger partial charge >= 0.3 is 5.97 Å². The molecule has 1 atom stereocenters. The van der Waals surface area contributed by atoms with Crippen LogP contribution in [0.5, 0.6) is 0 Å². The first-order valence-corrected chi connectivity index (χ1v) is 6.19. The third-order valence-electron chi connectivity index (χ3n) is 2.91. The SMILES string of the molecule is CCOC(=O)C1CCCCN1CC=C(C)C. The summed E-state index contributed by atoms with van der Waals surface area (Å²) in [6, 6.07) is -0.0238. The molecule has 1 aliphatic rings. The molecule has 0 aromatic carbocycles. The molecule has 0 aromatic heterocycles. The number of allylic oxidation sites excluding steroid dienone is 1. The standard InChI is InChI=1S/C13H23NO2/c1-4-16-13(15)12-7-5-6-9-14(12)10-8-11(2)3/h8,12H,4-7,9-10H2,1-3H3. The molecule has 16 heavy (non-hydrogen) atoms. The van der Waals surface area contributed by atoms with Crippen LogP contribution >= 0.6 is 0 Å². The average molecular weight is 225 g/mol. The first-order valence-electron chi connectivity index (χ1n) is 6.19. The van der Waals surface area contributed by atoms with Gasteiger partial charge in [-0.1, -0.05) is 18.1 Å². The first-order chi connectivity index (χ1) is 7.65. The second-order valence-corrected chi connectivity index (χ2v) is 4.54. The van der Waals surface area contributed by atoms with E-state index in [4.69, 9.17) is 4.74 Å². The number of rotatable bonds is 4. The molecule has 3 heteroatoms. The first kappa shape index (κ1) is 13.2. The quantitative estimate of drug-likeness (QED) is 0.543. The normalized spacial score (nSPS) is 21.6. The van der Waals surface area contributed by atoms with Crippen LogP contribution in [0.15, 0.2) is 11.6 Å². The molecule has 0 spiro atoms. The lowest BCUT2D eigenvalue weighted by Crippen LogP contribution is -2.45. The molecule has 92 valence electrons. The monoisotopic (exact) mass is 225 g/mol. The van der Waals surface area contributed by atoms with Gasteiger partial charge in [0.05, 0.1) is 6.61 Å². The Labute approximate surface area is 98.5 Å². The second kappa shape index (κ2) is 6.69. The van der Waals surface area contributed by atoms with Crippen molar-refractivity contribution in [3.63, 3.8) is 0 Å². The summed E-state index contributed by atoms with van der Waals surface area (Å²) in [5.74, 6) is -0.0515. The molecule has 0 aromatic rings. The molecule has 1 rings (SSSR count). The van der Waals surface area contributed by atoms with Crippen LogP contribution in [0.25, 0.3) is 0 Å². The second-order valence-electron chi connectivity index (χ2n) is 4.54. The van der Waals surface area contributed by atoms with Crippen molar-refractivity contribution in [2.45, 2.75) is 46.1 Å². The fourth-order valence-corrected chi connectivity index (χ4v) is 2.01. The van der Waals surface area contributed by atoms with Crippen LogP contribution in [0.1, 0.15) is 40.0 Å². The molecule has 0 N–H and O–H groups in total. The summed E-state index contributed by atoms with van der Waals surface area (Å²) < 4.78 is 5.12. The lowest BCUT2D eigenvalue weighted by atomic mass is 10.0. The highest BCUT2D eigenvalue weighted by atomic mass is 16.5. The van der Waals surface area contributed by atoms with Crippen LogP contribution < -0.4 is 0 Å². The number of ether oxygens (including phenoxy) is 1. The van der Waals surface area contributed by atoms with Crippen molar-refractivity contribution in [2.75, 3.05) is 19.7 Å². The molecule has 1 unspecified atom stereocenters. The lowest BCUT2D eigenvalue weighted by molar-refractivity contribution is -0.150. The molecule has 0 radical (unpaired) electrons. The fraction of sp³-hybridized carbons (Fsp3) is 0.769. The minimum absolute atomic E-state index is 0.0238. The van der Waals surface area contributed by atoms with Crippen LogP contribution in [0.2, 0.25) is 0 Å². The summed E-state index contributed by atoms with van der Waals surface area (Å²) in [6.45, 7) is 8.39. The highest BCUT2D eigenvalue weighted by Gasteiger charge is 2.28. The number of nitrogens with zero attached hydrogens (tertiary/aromatic N) is 1. The largest absolute Gasteiger partial charge is 0.465 e. The molecule has 1 heterocycles. The topological polar surface area (TPSA) is 29.5 Å². The van der Waals surface area contributed by atoms with E-state index in [1.807, 2.05) is 6.92 Å². The van der Waals surface area contributed by atoms with Gasteiger partial charge in [0.1, 0.15) is 6.04 Å². The number of hydrogen-bond donors (Lipinski definition) is 0. The van der Waals surface area contributed by atoms with Crippen molar-refractivity contribution >= 4 is 5.97 Å². The minimum Gasteiger partial charge on any atom is -0.465 e. The Morgan fingerprint density at radius 2 is 2.19 bits per heavy atom. The number of piperidine rings is 1. The van der Waals surface area contributed by atoms with Gasteiger partial charge in [0.25, 0.3) is 0 Å². The van der Waals surface area contributed by atoms with Gasteiger partial charge in [-0.15, -0.1) is 0 Å². The molecule has 1 aliphatic heterocycles. The van der Waals surface area contributed by atoms with Gasteiger partial charge in [-0.05, 0) is 40.2 Å². The van der Waals surface area contributed by atoms with E-state index >= 15 is 0 Å². The van der Waals surface area contributed by atoms with Crippen LogP contribution in [0.4, 0.5) is 0 Å². The van der Waals surface area contributed by atoms with E-state index in [1.54, 1.807) is 0 Å². The van der Waals surface area contributed by atoms with Crippen LogP contribution in [0, 0.1) is 0 Å². The van der Waals surface area contributed by atoms with Gasteiger partial charge < -0.3 is 4.74 Å². The summed E-state index contributed by atoms with van der Waals surface area (Å²) in [4.78, 5) is 14.0. The van der Waals surface area contributed by atoms with Crippen molar-refractivity contribution in [3.8, 4) is 0 Å². The van der Waals surface area contributed by atoms with Gasteiger partial charge in [-0.3, -0.25) is 9.69 Å². The van der Waals surface area contributed by atoms with Crippen LogP contribution in [-0.2, 0) is 9.53 Å². The van der Waals surface area contributed by atoms with E-state index in [0.29, 0.717) is 6.61 Å². The zero-order valence-corrected chi connectivity index (χ0v) is 10.7. The zero-order chi connectivity index (χ0) is 12.0. The molecule has 0 saturated carbocycles. The Balaban J connectivity index is 2.56. The minimum atomic E-state index is -0.0515. The molecule has 0 bridgehead atoms. The van der Waals surface area contributed by atoms with Gasteiger partial charge in [-0.2, -0.15) is 0 Å². The van der Waals surface area contributed by atoms with E-state index in [1.165, 1.54) is 12.0 Å². The third-order valence-corrected chi connectivity index (χ3v) is 2.91. The van der Waals surface area contributed by atoms with Crippen molar-refractivity contribution in [1.82, 2.24) is 4.90 Å². The van der Waals surface area contributed by atoms with E-state index in [9.17, 15) is 4.79 Å². The summed E-state index contributed by atoms with van der Waals surface area (Å²) in [7, 11) is 0. The summed E-state index contributed by atoms with van der Waals surface area (Å²) in [5.41, 5.74) is 1.30. The molecule has 0 aliphatic carbocycles. The molecule has 1 saturated heterocycles. The Bertz CT molecular complexity index is 257. The van der Waals surface area contributed by atoms with Crippen molar-refractivity contribution in [3.05, 3.63) is 11.6 Å². The number of hydrogen-bond acceptors (Lipinski definition) is 3. The lowest BCUT2D eigenvalue weighted by Gasteiger charge is -2.33. The number of carbonyl (C=O) groups excluding carboxylic acids is 1. The van der Waals surface area contributed by atoms with Crippen LogP contribution in [-0.4, -0.2) is 36.6 Å².